The Bertz CT molecular complexity index is 933. The number of halogens is 1. The van der Waals surface area contributed by atoms with Crippen molar-refractivity contribution in [1.82, 2.24) is 14.9 Å². The summed E-state index contributed by atoms with van der Waals surface area (Å²) in [5.74, 6) is 1.20. The van der Waals surface area contributed by atoms with Gasteiger partial charge in [0.05, 0.1) is 11.0 Å². The second kappa shape index (κ2) is 11.9. The first kappa shape index (κ1) is 22.5. The van der Waals surface area contributed by atoms with Crippen LogP contribution < -0.4 is 5.32 Å². The first-order valence-corrected chi connectivity index (χ1v) is 12.0. The van der Waals surface area contributed by atoms with Gasteiger partial charge in [0.1, 0.15) is 5.82 Å². The molecule has 0 saturated carbocycles. The third-order valence-corrected chi connectivity index (χ3v) is 5.97. The van der Waals surface area contributed by atoms with E-state index in [1.807, 2.05) is 24.3 Å². The molecule has 160 valence electrons. The fourth-order valence-electron chi connectivity index (χ4n) is 3.75. The number of aromatic nitrogens is 2. The molecule has 1 amide bonds. The second-order valence-electron chi connectivity index (χ2n) is 7.80. The second-order valence-corrected chi connectivity index (χ2v) is 8.72. The molecule has 1 aromatic heterocycles. The van der Waals surface area contributed by atoms with E-state index in [0.29, 0.717) is 12.1 Å². The predicted octanol–water partition coefficient (Wildman–Crippen LogP) is 6.52. The number of aryl methyl sites for hydroxylation is 2. The number of hydrogen-bond donors (Lipinski definition) is 1. The van der Waals surface area contributed by atoms with Gasteiger partial charge in [-0.3, -0.25) is 4.79 Å². The number of hydrogen-bond acceptors (Lipinski definition) is 2. The number of benzene rings is 2. The summed E-state index contributed by atoms with van der Waals surface area (Å²) >= 11 is 3.39. The zero-order chi connectivity index (χ0) is 21.2. The highest BCUT2D eigenvalue weighted by molar-refractivity contribution is 9.10. The number of nitrogens with zero attached hydrogens (tertiary/aromatic N) is 2. The summed E-state index contributed by atoms with van der Waals surface area (Å²) in [6.45, 7) is 4.01. The van der Waals surface area contributed by atoms with Gasteiger partial charge in [0.25, 0.3) is 5.91 Å². The highest BCUT2D eigenvalue weighted by atomic mass is 79.9. The fourth-order valence-corrected chi connectivity index (χ4v) is 4.02. The molecule has 0 unspecified atom stereocenters. The van der Waals surface area contributed by atoms with Gasteiger partial charge in [0.15, 0.2) is 0 Å². The van der Waals surface area contributed by atoms with E-state index in [1.165, 1.54) is 37.0 Å². The molecule has 1 heterocycles. The van der Waals surface area contributed by atoms with Crippen molar-refractivity contribution in [3.63, 3.8) is 0 Å². The number of rotatable bonds is 12. The summed E-state index contributed by atoms with van der Waals surface area (Å²) in [4.78, 5) is 17.1. The van der Waals surface area contributed by atoms with Gasteiger partial charge >= 0.3 is 0 Å². The zero-order valence-corrected chi connectivity index (χ0v) is 19.5. The minimum absolute atomic E-state index is 0.00336. The number of fused-ring (bicyclic) bond motifs is 1. The molecule has 2 aromatic carbocycles. The minimum Gasteiger partial charge on any atom is -0.352 e. The highest BCUT2D eigenvalue weighted by Crippen LogP contribution is 2.19. The minimum atomic E-state index is -0.00336. The van der Waals surface area contributed by atoms with E-state index in [1.54, 1.807) is 0 Å². The van der Waals surface area contributed by atoms with E-state index < -0.39 is 0 Å². The number of carbonyl (C=O) groups is 1. The molecule has 3 aromatic rings. The lowest BCUT2D eigenvalue weighted by atomic mass is 10.1. The Kier molecular flexibility index (Phi) is 8.94. The average Bonchev–Trinajstić information content (AvgIpc) is 3.11. The van der Waals surface area contributed by atoms with E-state index in [4.69, 9.17) is 4.98 Å². The van der Waals surface area contributed by atoms with Crippen molar-refractivity contribution in [2.45, 2.75) is 64.8 Å². The Hall–Kier alpha value is -2.14. The number of nitrogens with one attached hydrogen (secondary N) is 1. The predicted molar refractivity (Wildman–Crippen MR) is 128 cm³/mol. The molecule has 4 nitrogen and oxygen atoms in total. The van der Waals surface area contributed by atoms with Crippen LogP contribution >= 0.6 is 15.9 Å². The molecule has 0 aliphatic carbocycles. The van der Waals surface area contributed by atoms with Crippen LogP contribution in [0, 0.1) is 0 Å². The average molecular weight is 470 g/mol. The third-order valence-electron chi connectivity index (χ3n) is 5.44. The molecular weight excluding hydrogens is 438 g/mol. The number of carbonyl (C=O) groups excluding carboxylic acids is 1. The van der Waals surface area contributed by atoms with Crippen molar-refractivity contribution in [3.05, 3.63) is 64.4 Å². The van der Waals surface area contributed by atoms with Crippen molar-refractivity contribution in [2.75, 3.05) is 6.54 Å². The summed E-state index contributed by atoms with van der Waals surface area (Å²) < 4.78 is 3.40. The Morgan fingerprint density at radius 3 is 2.53 bits per heavy atom. The summed E-state index contributed by atoms with van der Waals surface area (Å²) in [5.41, 5.74) is 3.06. The van der Waals surface area contributed by atoms with Crippen LogP contribution in [0.15, 0.2) is 53.0 Å². The molecule has 1 N–H and O–H groups in total. The van der Waals surface area contributed by atoms with Crippen LogP contribution in [-0.2, 0) is 13.0 Å². The molecule has 0 spiro atoms. The van der Waals surface area contributed by atoms with Gasteiger partial charge in [-0.2, -0.15) is 0 Å². The van der Waals surface area contributed by atoms with Crippen molar-refractivity contribution in [2.24, 2.45) is 0 Å². The van der Waals surface area contributed by atoms with E-state index >= 15 is 0 Å². The van der Waals surface area contributed by atoms with Crippen LogP contribution in [0.25, 0.3) is 11.0 Å². The van der Waals surface area contributed by atoms with Gasteiger partial charge in [-0.1, -0.05) is 60.7 Å². The van der Waals surface area contributed by atoms with Crippen LogP contribution in [0.1, 0.15) is 68.1 Å². The Morgan fingerprint density at radius 1 is 0.967 bits per heavy atom. The summed E-state index contributed by atoms with van der Waals surface area (Å²) in [7, 11) is 0. The van der Waals surface area contributed by atoms with Crippen LogP contribution in [0.4, 0.5) is 0 Å². The van der Waals surface area contributed by atoms with Gasteiger partial charge in [0.2, 0.25) is 0 Å². The SMILES string of the molecule is CCCCCCn1c(CCCCCNC(=O)c2ccc(Br)cc2)nc2ccccc21. The summed E-state index contributed by atoms with van der Waals surface area (Å²) in [5, 5.41) is 3.01. The molecule has 0 saturated heterocycles. The van der Waals surface area contributed by atoms with Crippen molar-refractivity contribution in [1.29, 1.82) is 0 Å². The molecule has 0 atom stereocenters. The molecule has 0 aliphatic heterocycles. The van der Waals surface area contributed by atoms with Gasteiger partial charge in [-0.05, 0) is 55.7 Å². The van der Waals surface area contributed by atoms with E-state index in [2.05, 4.69) is 57.0 Å². The third kappa shape index (κ3) is 6.43. The van der Waals surface area contributed by atoms with E-state index in [0.717, 1.165) is 42.2 Å². The first-order chi connectivity index (χ1) is 14.7. The standard InChI is InChI=1S/C25H32BrN3O/c1-2-3-4-10-19-29-23-12-8-7-11-22(23)28-24(29)13-6-5-9-18-27-25(30)20-14-16-21(26)17-15-20/h7-8,11-12,14-17H,2-6,9-10,13,18-19H2,1H3,(H,27,30). The first-order valence-electron chi connectivity index (χ1n) is 11.2. The van der Waals surface area contributed by atoms with E-state index in [-0.39, 0.29) is 5.91 Å². The monoisotopic (exact) mass is 469 g/mol. The van der Waals surface area contributed by atoms with Gasteiger partial charge in [-0.15, -0.1) is 0 Å². The molecule has 0 fully saturated rings. The Morgan fingerprint density at radius 2 is 1.73 bits per heavy atom. The van der Waals surface area contributed by atoms with Gasteiger partial charge in [0, 0.05) is 29.5 Å². The lowest BCUT2D eigenvalue weighted by molar-refractivity contribution is 0.0953. The van der Waals surface area contributed by atoms with Gasteiger partial charge in [-0.25, -0.2) is 4.98 Å². The smallest absolute Gasteiger partial charge is 0.251 e. The molecule has 5 heteroatoms. The maximum atomic E-state index is 12.2. The van der Waals surface area contributed by atoms with Crippen LogP contribution in [-0.4, -0.2) is 22.0 Å². The van der Waals surface area contributed by atoms with E-state index in [9.17, 15) is 4.79 Å². The Balaban J connectivity index is 1.45. The molecule has 0 radical (unpaired) electrons. The number of amides is 1. The number of unbranched alkanes of at least 4 members (excludes halogenated alkanes) is 5. The van der Waals surface area contributed by atoms with Gasteiger partial charge < -0.3 is 9.88 Å². The molecule has 3 rings (SSSR count). The van der Waals surface area contributed by atoms with Crippen molar-refractivity contribution < 1.29 is 4.79 Å². The van der Waals surface area contributed by atoms with Crippen LogP contribution in [0.2, 0.25) is 0 Å². The molecule has 0 aliphatic rings. The quantitative estimate of drug-likeness (QED) is 0.306. The highest BCUT2D eigenvalue weighted by Gasteiger charge is 2.10. The normalized spacial score (nSPS) is 11.1. The lowest BCUT2D eigenvalue weighted by Crippen LogP contribution is -2.24. The van der Waals surface area contributed by atoms with Crippen LogP contribution in [0.5, 0.6) is 0 Å². The zero-order valence-electron chi connectivity index (χ0n) is 17.9. The van der Waals surface area contributed by atoms with Crippen molar-refractivity contribution in [3.8, 4) is 0 Å². The Labute approximate surface area is 188 Å². The fraction of sp³-hybridized carbons (Fsp3) is 0.440. The number of imidazole rings is 1. The summed E-state index contributed by atoms with van der Waals surface area (Å²) in [6.07, 6.45) is 9.20. The molecular formula is C25H32BrN3O. The molecule has 0 bridgehead atoms. The topological polar surface area (TPSA) is 46.9 Å². The maximum absolute atomic E-state index is 12.2. The maximum Gasteiger partial charge on any atom is 0.251 e. The van der Waals surface area contributed by atoms with Crippen LogP contribution in [0.3, 0.4) is 0 Å². The largest absolute Gasteiger partial charge is 0.352 e. The van der Waals surface area contributed by atoms with Crippen molar-refractivity contribution >= 4 is 32.9 Å². The summed E-state index contributed by atoms with van der Waals surface area (Å²) in [6, 6.07) is 15.9. The number of para-hydroxylation sites is 2. The molecule has 30 heavy (non-hydrogen) atoms. The lowest BCUT2D eigenvalue weighted by Gasteiger charge is -2.09.